The Balaban J connectivity index is 1.48. The zero-order valence-electron chi connectivity index (χ0n) is 16.9. The Kier molecular flexibility index (Phi) is 6.72. The highest BCUT2D eigenvalue weighted by atomic mass is 35.5. The highest BCUT2D eigenvalue weighted by molar-refractivity contribution is 7.22. The summed E-state index contributed by atoms with van der Waals surface area (Å²) < 4.78 is 24.0. The van der Waals surface area contributed by atoms with Crippen LogP contribution in [-0.2, 0) is 16.0 Å². The monoisotopic (exact) mass is 464 g/mol. The van der Waals surface area contributed by atoms with E-state index >= 15 is 0 Å². The summed E-state index contributed by atoms with van der Waals surface area (Å²) in [7, 11) is 0. The third kappa shape index (κ3) is 5.34. The molecule has 0 atom stereocenters. The van der Waals surface area contributed by atoms with Gasteiger partial charge in [0.15, 0.2) is 0 Å². The summed E-state index contributed by atoms with van der Waals surface area (Å²) in [6.07, 6.45) is 0.540. The van der Waals surface area contributed by atoms with Gasteiger partial charge in [-0.3, -0.25) is 0 Å². The zero-order chi connectivity index (χ0) is 21.8. The standard InChI is InChI=1S/C21H22ClFN4O3S/c1-2-29-21(28)30-15-7-9-27(10-8-15)20-25-18(16-11-17(22)31-19(16)26-20)24-12-13-3-5-14(23)6-4-13/h3-6,11,15H,2,7-10,12H2,1H3,(H,24,25,26). The van der Waals surface area contributed by atoms with Crippen LogP contribution in [0.2, 0.25) is 4.34 Å². The summed E-state index contributed by atoms with van der Waals surface area (Å²) in [6, 6.07) is 8.18. The number of piperidine rings is 1. The number of hydrogen-bond donors (Lipinski definition) is 1. The molecule has 31 heavy (non-hydrogen) atoms. The molecule has 1 saturated heterocycles. The first-order valence-corrected chi connectivity index (χ1v) is 11.2. The lowest BCUT2D eigenvalue weighted by Crippen LogP contribution is -2.39. The number of ether oxygens (including phenoxy) is 2. The fraction of sp³-hybridized carbons (Fsp3) is 0.381. The molecule has 0 unspecified atom stereocenters. The molecule has 4 rings (SSSR count). The van der Waals surface area contributed by atoms with E-state index in [1.807, 2.05) is 6.07 Å². The van der Waals surface area contributed by atoms with Crippen molar-refractivity contribution in [1.29, 1.82) is 0 Å². The Morgan fingerprint density at radius 3 is 2.74 bits per heavy atom. The number of rotatable bonds is 6. The van der Waals surface area contributed by atoms with Crippen LogP contribution in [-0.4, -0.2) is 41.9 Å². The van der Waals surface area contributed by atoms with Crippen LogP contribution in [0.5, 0.6) is 0 Å². The fourth-order valence-electron chi connectivity index (χ4n) is 3.41. The molecular formula is C21H22ClFN4O3S. The van der Waals surface area contributed by atoms with Gasteiger partial charge in [-0.05, 0) is 30.7 Å². The van der Waals surface area contributed by atoms with Gasteiger partial charge in [0.2, 0.25) is 5.95 Å². The number of carbonyl (C=O) groups is 1. The maximum Gasteiger partial charge on any atom is 0.508 e. The summed E-state index contributed by atoms with van der Waals surface area (Å²) in [5.41, 5.74) is 0.938. The number of nitrogens with zero attached hydrogens (tertiary/aromatic N) is 3. The summed E-state index contributed by atoms with van der Waals surface area (Å²) >= 11 is 7.62. The summed E-state index contributed by atoms with van der Waals surface area (Å²) in [4.78, 5) is 23.8. The van der Waals surface area contributed by atoms with E-state index in [1.54, 1.807) is 19.1 Å². The Morgan fingerprint density at radius 2 is 2.03 bits per heavy atom. The van der Waals surface area contributed by atoms with E-state index in [0.29, 0.717) is 55.2 Å². The van der Waals surface area contributed by atoms with Gasteiger partial charge in [0.1, 0.15) is 22.6 Å². The van der Waals surface area contributed by atoms with Crippen molar-refractivity contribution in [2.45, 2.75) is 32.4 Å². The Labute approximate surface area is 188 Å². The minimum atomic E-state index is -0.626. The number of fused-ring (bicyclic) bond motifs is 1. The summed E-state index contributed by atoms with van der Waals surface area (Å²) in [5.74, 6) is 1.01. The molecule has 1 aromatic carbocycles. The van der Waals surface area contributed by atoms with E-state index in [2.05, 4.69) is 15.2 Å². The van der Waals surface area contributed by atoms with Gasteiger partial charge in [-0.1, -0.05) is 23.7 Å². The molecule has 0 saturated carbocycles. The number of hydrogen-bond acceptors (Lipinski definition) is 8. The van der Waals surface area contributed by atoms with Gasteiger partial charge in [-0.25, -0.2) is 14.2 Å². The average molecular weight is 465 g/mol. The quantitative estimate of drug-likeness (QED) is 0.500. The number of nitrogens with one attached hydrogen (secondary N) is 1. The van der Waals surface area contributed by atoms with Gasteiger partial charge in [0, 0.05) is 32.5 Å². The SMILES string of the molecule is CCOC(=O)OC1CCN(c2nc(NCc3ccc(F)cc3)c3cc(Cl)sc3n2)CC1. The van der Waals surface area contributed by atoms with Crippen LogP contribution in [0.3, 0.4) is 0 Å². The van der Waals surface area contributed by atoms with Gasteiger partial charge in [0.25, 0.3) is 0 Å². The molecule has 10 heteroatoms. The second-order valence-electron chi connectivity index (χ2n) is 7.11. The molecule has 0 spiro atoms. The van der Waals surface area contributed by atoms with E-state index < -0.39 is 6.16 Å². The Hall–Kier alpha value is -2.65. The summed E-state index contributed by atoms with van der Waals surface area (Å²) in [5, 5.41) is 4.18. The van der Waals surface area contributed by atoms with Gasteiger partial charge >= 0.3 is 6.16 Å². The molecule has 0 amide bonds. The van der Waals surface area contributed by atoms with Crippen LogP contribution in [0.4, 0.5) is 21.0 Å². The molecule has 3 heterocycles. The molecule has 0 aliphatic carbocycles. The van der Waals surface area contributed by atoms with Gasteiger partial charge in [0.05, 0.1) is 16.3 Å². The van der Waals surface area contributed by atoms with Crippen LogP contribution >= 0.6 is 22.9 Å². The molecular weight excluding hydrogens is 443 g/mol. The molecule has 7 nitrogen and oxygen atoms in total. The second-order valence-corrected chi connectivity index (χ2v) is 8.77. The molecule has 0 radical (unpaired) electrons. The minimum absolute atomic E-state index is 0.175. The minimum Gasteiger partial charge on any atom is -0.435 e. The van der Waals surface area contributed by atoms with Crippen molar-refractivity contribution in [3.05, 3.63) is 46.0 Å². The topological polar surface area (TPSA) is 76.6 Å². The Bertz CT molecular complexity index is 1050. The molecule has 1 aliphatic heterocycles. The predicted molar refractivity (Wildman–Crippen MR) is 119 cm³/mol. The van der Waals surface area contributed by atoms with Crippen molar-refractivity contribution in [3.63, 3.8) is 0 Å². The lowest BCUT2D eigenvalue weighted by molar-refractivity contribution is 0.0183. The molecule has 2 aromatic heterocycles. The third-order valence-corrected chi connectivity index (χ3v) is 6.13. The lowest BCUT2D eigenvalue weighted by atomic mass is 10.1. The highest BCUT2D eigenvalue weighted by Gasteiger charge is 2.25. The molecule has 1 fully saturated rings. The molecule has 164 valence electrons. The maximum atomic E-state index is 13.2. The van der Waals surface area contributed by atoms with Crippen molar-refractivity contribution < 1.29 is 18.7 Å². The number of benzene rings is 1. The number of halogens is 2. The van der Waals surface area contributed by atoms with Crippen LogP contribution in [0, 0.1) is 5.82 Å². The van der Waals surface area contributed by atoms with Crippen molar-refractivity contribution in [2.75, 3.05) is 29.9 Å². The van der Waals surface area contributed by atoms with E-state index in [1.165, 1.54) is 23.5 Å². The van der Waals surface area contributed by atoms with Crippen LogP contribution in [0.1, 0.15) is 25.3 Å². The van der Waals surface area contributed by atoms with Crippen LogP contribution < -0.4 is 10.2 Å². The van der Waals surface area contributed by atoms with Crippen molar-refractivity contribution in [1.82, 2.24) is 9.97 Å². The number of carbonyl (C=O) groups excluding carboxylic acids is 1. The largest absolute Gasteiger partial charge is 0.508 e. The number of anilines is 2. The van der Waals surface area contributed by atoms with Crippen molar-refractivity contribution in [2.24, 2.45) is 0 Å². The normalized spacial score (nSPS) is 14.6. The number of aromatic nitrogens is 2. The number of thiophene rings is 1. The van der Waals surface area contributed by atoms with Gasteiger partial charge in [-0.15, -0.1) is 11.3 Å². The second kappa shape index (κ2) is 9.65. The maximum absolute atomic E-state index is 13.2. The van der Waals surface area contributed by atoms with Crippen molar-refractivity contribution >= 4 is 51.1 Å². The predicted octanol–water partition coefficient (Wildman–Crippen LogP) is 5.24. The molecule has 3 aromatic rings. The lowest BCUT2D eigenvalue weighted by Gasteiger charge is -2.31. The van der Waals surface area contributed by atoms with Crippen molar-refractivity contribution in [3.8, 4) is 0 Å². The molecule has 1 aliphatic rings. The molecule has 0 bridgehead atoms. The fourth-order valence-corrected chi connectivity index (χ4v) is 4.49. The first-order chi connectivity index (χ1) is 15.0. The van der Waals surface area contributed by atoms with Gasteiger partial charge in [-0.2, -0.15) is 4.98 Å². The van der Waals surface area contributed by atoms with E-state index in [4.69, 9.17) is 26.1 Å². The van der Waals surface area contributed by atoms with Crippen LogP contribution in [0.15, 0.2) is 30.3 Å². The third-order valence-electron chi connectivity index (χ3n) is 4.97. The van der Waals surface area contributed by atoms with E-state index in [-0.39, 0.29) is 11.9 Å². The average Bonchev–Trinajstić information content (AvgIpc) is 3.14. The molecule has 1 N–H and O–H groups in total. The van der Waals surface area contributed by atoms with E-state index in [9.17, 15) is 9.18 Å². The van der Waals surface area contributed by atoms with Gasteiger partial charge < -0.3 is 19.7 Å². The van der Waals surface area contributed by atoms with Crippen LogP contribution in [0.25, 0.3) is 10.2 Å². The first kappa shape index (κ1) is 21.6. The summed E-state index contributed by atoms with van der Waals surface area (Å²) in [6.45, 7) is 3.85. The first-order valence-electron chi connectivity index (χ1n) is 10.1. The Morgan fingerprint density at radius 1 is 1.29 bits per heavy atom. The van der Waals surface area contributed by atoms with E-state index in [0.717, 1.165) is 15.8 Å². The smallest absolute Gasteiger partial charge is 0.435 e. The highest BCUT2D eigenvalue weighted by Crippen LogP contribution is 2.34. The zero-order valence-corrected chi connectivity index (χ0v) is 18.5.